The molecule has 2 saturated heterocycles. The molecule has 0 bridgehead atoms. The molecule has 2 heterocycles. The van der Waals surface area contributed by atoms with Gasteiger partial charge in [0.15, 0.2) is 0 Å². The van der Waals surface area contributed by atoms with Crippen LogP contribution < -0.4 is 4.74 Å². The van der Waals surface area contributed by atoms with Crippen LogP contribution in [0, 0.1) is 5.41 Å². The quantitative estimate of drug-likeness (QED) is 0.465. The van der Waals surface area contributed by atoms with Gasteiger partial charge in [0.1, 0.15) is 11.9 Å². The first kappa shape index (κ1) is 27.3. The molecule has 1 unspecified atom stereocenters. The predicted molar refractivity (Wildman–Crippen MR) is 132 cm³/mol. The fourth-order valence-electron chi connectivity index (χ4n) is 5.22. The third-order valence-corrected chi connectivity index (χ3v) is 7.58. The van der Waals surface area contributed by atoms with E-state index in [9.17, 15) is 22.8 Å². The Labute approximate surface area is 219 Å². The predicted octanol–water partition coefficient (Wildman–Crippen LogP) is 5.34. The smallest absolute Gasteiger partial charge is 0.490 e. The van der Waals surface area contributed by atoms with Crippen LogP contribution in [0.25, 0.3) is 0 Å². The minimum Gasteiger partial charge on any atom is -0.494 e. The Morgan fingerprint density at radius 3 is 2.32 bits per heavy atom. The van der Waals surface area contributed by atoms with E-state index >= 15 is 0 Å². The van der Waals surface area contributed by atoms with Crippen molar-refractivity contribution in [2.45, 2.75) is 45.0 Å². The lowest BCUT2D eigenvalue weighted by Crippen LogP contribution is -2.58. The van der Waals surface area contributed by atoms with E-state index in [1.165, 1.54) is 4.90 Å². The van der Waals surface area contributed by atoms with Crippen molar-refractivity contribution in [2.75, 3.05) is 32.8 Å². The number of ether oxygens (including phenoxy) is 2. The van der Waals surface area contributed by atoms with E-state index in [1.807, 2.05) is 31.2 Å². The normalized spacial score (nSPS) is 20.0. The summed E-state index contributed by atoms with van der Waals surface area (Å²) in [5.74, 6) is -1.73. The van der Waals surface area contributed by atoms with E-state index < -0.39 is 23.7 Å². The Kier molecular flexibility index (Phi) is 8.33. The van der Waals surface area contributed by atoms with Crippen LogP contribution in [0.3, 0.4) is 0 Å². The lowest BCUT2D eigenvalue weighted by Gasteiger charge is -2.51. The highest BCUT2D eigenvalue weighted by Crippen LogP contribution is 2.44. The molecule has 1 atom stereocenters. The van der Waals surface area contributed by atoms with Crippen molar-refractivity contribution in [1.29, 1.82) is 0 Å². The van der Waals surface area contributed by atoms with E-state index in [-0.39, 0.29) is 12.5 Å². The summed E-state index contributed by atoms with van der Waals surface area (Å²) < 4.78 is 50.2. The van der Waals surface area contributed by atoms with Gasteiger partial charge >= 0.3 is 12.1 Å². The number of carbonyl (C=O) groups is 2. The highest BCUT2D eigenvalue weighted by Gasteiger charge is 2.51. The van der Waals surface area contributed by atoms with Gasteiger partial charge < -0.3 is 14.4 Å². The third kappa shape index (κ3) is 6.38. The minimum absolute atomic E-state index is 0.0869. The Morgan fingerprint density at radius 1 is 1.03 bits per heavy atom. The number of alkyl halides is 3. The van der Waals surface area contributed by atoms with Crippen molar-refractivity contribution in [3.05, 3.63) is 64.7 Å². The average molecular weight is 539 g/mol. The number of likely N-dealkylation sites (tertiary alicyclic amines) is 2. The Morgan fingerprint density at radius 2 is 1.68 bits per heavy atom. The molecular formula is C27H30ClF3N2O4. The molecule has 0 aliphatic carbocycles. The van der Waals surface area contributed by atoms with Gasteiger partial charge in [-0.2, -0.15) is 13.2 Å². The van der Waals surface area contributed by atoms with Crippen LogP contribution in [0.4, 0.5) is 13.2 Å². The molecule has 200 valence electrons. The van der Waals surface area contributed by atoms with E-state index in [2.05, 4.69) is 4.90 Å². The molecule has 2 aromatic carbocycles. The molecule has 37 heavy (non-hydrogen) atoms. The van der Waals surface area contributed by atoms with Crippen LogP contribution in [0.5, 0.6) is 5.75 Å². The Hall–Kier alpha value is -2.78. The van der Waals surface area contributed by atoms with Crippen LogP contribution in [0.15, 0.2) is 48.5 Å². The van der Waals surface area contributed by atoms with Gasteiger partial charge in [-0.15, -0.1) is 0 Å². The number of nitrogens with zero attached hydrogens (tertiary/aromatic N) is 2. The summed E-state index contributed by atoms with van der Waals surface area (Å²) in [7, 11) is 0. The minimum atomic E-state index is -5.10. The summed E-state index contributed by atoms with van der Waals surface area (Å²) in [6.45, 7) is 4.67. The number of rotatable bonds is 6. The molecule has 1 amide bonds. The second kappa shape index (κ2) is 11.3. The van der Waals surface area contributed by atoms with E-state index in [0.29, 0.717) is 62.6 Å². The van der Waals surface area contributed by atoms with Gasteiger partial charge in [-0.25, -0.2) is 4.79 Å². The van der Waals surface area contributed by atoms with Crippen molar-refractivity contribution < 1.29 is 32.2 Å². The number of hydrogen-bond donors (Lipinski definition) is 0. The first-order valence-corrected chi connectivity index (χ1v) is 12.7. The van der Waals surface area contributed by atoms with Gasteiger partial charge in [0.05, 0.1) is 13.2 Å². The fraction of sp³-hybridized carbons (Fsp3) is 0.481. The number of piperidine rings is 2. The number of halogens is 4. The number of esters is 1. The zero-order valence-corrected chi connectivity index (χ0v) is 21.4. The molecule has 0 saturated carbocycles. The van der Waals surface area contributed by atoms with Crippen molar-refractivity contribution in [3.8, 4) is 5.75 Å². The van der Waals surface area contributed by atoms with Crippen LogP contribution in [-0.2, 0) is 16.1 Å². The SMILES string of the molecule is CCOc1ccccc1CN1CCC2(CC1)CCN(C(=O)c1ccc(Cl)cc1)CC2OC(=O)C(F)(F)F. The molecule has 2 aromatic rings. The Bertz CT molecular complexity index is 1100. The van der Waals surface area contributed by atoms with Gasteiger partial charge in [0.25, 0.3) is 5.91 Å². The highest BCUT2D eigenvalue weighted by atomic mass is 35.5. The second-order valence-electron chi connectivity index (χ2n) is 9.58. The summed E-state index contributed by atoms with van der Waals surface area (Å²) in [6, 6.07) is 14.1. The second-order valence-corrected chi connectivity index (χ2v) is 10.0. The number of carbonyl (C=O) groups excluding carboxylic acids is 2. The van der Waals surface area contributed by atoms with Gasteiger partial charge in [-0.1, -0.05) is 29.8 Å². The van der Waals surface area contributed by atoms with Gasteiger partial charge in [-0.05, 0) is 69.6 Å². The number of para-hydroxylation sites is 1. The summed E-state index contributed by atoms with van der Waals surface area (Å²) in [4.78, 5) is 28.6. The molecule has 2 aliphatic rings. The van der Waals surface area contributed by atoms with Crippen LogP contribution in [0.1, 0.15) is 42.1 Å². The van der Waals surface area contributed by atoms with Gasteiger partial charge in [0, 0.05) is 34.7 Å². The van der Waals surface area contributed by atoms with E-state index in [0.717, 1.165) is 11.3 Å². The van der Waals surface area contributed by atoms with Gasteiger partial charge in [0.2, 0.25) is 0 Å². The van der Waals surface area contributed by atoms with Crippen molar-refractivity contribution in [2.24, 2.45) is 5.41 Å². The molecule has 0 aromatic heterocycles. The topological polar surface area (TPSA) is 59.1 Å². The first-order valence-electron chi connectivity index (χ1n) is 12.4. The Balaban J connectivity index is 1.48. The van der Waals surface area contributed by atoms with Crippen LogP contribution in [0.2, 0.25) is 5.02 Å². The molecule has 1 spiro atoms. The molecule has 0 radical (unpaired) electrons. The molecule has 0 N–H and O–H groups in total. The zero-order chi connectivity index (χ0) is 26.6. The lowest BCUT2D eigenvalue weighted by molar-refractivity contribution is -0.216. The lowest BCUT2D eigenvalue weighted by atomic mass is 9.69. The first-order chi connectivity index (χ1) is 17.6. The van der Waals surface area contributed by atoms with Gasteiger partial charge in [-0.3, -0.25) is 9.69 Å². The van der Waals surface area contributed by atoms with E-state index in [4.69, 9.17) is 21.1 Å². The van der Waals surface area contributed by atoms with Crippen LogP contribution in [-0.4, -0.2) is 66.7 Å². The monoisotopic (exact) mass is 538 g/mol. The number of hydrogen-bond acceptors (Lipinski definition) is 5. The maximum atomic E-state index is 13.1. The number of amides is 1. The summed E-state index contributed by atoms with van der Waals surface area (Å²) >= 11 is 5.91. The molecule has 2 fully saturated rings. The summed E-state index contributed by atoms with van der Waals surface area (Å²) in [6.07, 6.45) is -4.59. The third-order valence-electron chi connectivity index (χ3n) is 7.33. The van der Waals surface area contributed by atoms with Crippen molar-refractivity contribution >= 4 is 23.5 Å². The summed E-state index contributed by atoms with van der Waals surface area (Å²) in [5.41, 5.74) is 0.793. The summed E-state index contributed by atoms with van der Waals surface area (Å²) in [5, 5.41) is 0.474. The van der Waals surface area contributed by atoms with E-state index in [1.54, 1.807) is 24.3 Å². The molecule has 4 rings (SSSR count). The molecule has 10 heteroatoms. The zero-order valence-electron chi connectivity index (χ0n) is 20.6. The van der Waals surface area contributed by atoms with Crippen molar-refractivity contribution in [1.82, 2.24) is 9.80 Å². The molecule has 2 aliphatic heterocycles. The highest BCUT2D eigenvalue weighted by molar-refractivity contribution is 6.30. The maximum Gasteiger partial charge on any atom is 0.490 e. The maximum absolute atomic E-state index is 13.1. The average Bonchev–Trinajstić information content (AvgIpc) is 2.87. The van der Waals surface area contributed by atoms with Crippen LogP contribution >= 0.6 is 11.6 Å². The largest absolute Gasteiger partial charge is 0.494 e. The standard InChI is InChI=1S/C27H30ClF3N2O4/c1-2-36-22-6-4-3-5-20(22)17-32-14-11-26(12-15-32)13-16-33(18-23(26)37-25(35)27(29,30)31)24(34)19-7-9-21(28)10-8-19/h3-10,23H,2,11-18H2,1H3. The van der Waals surface area contributed by atoms with Crippen molar-refractivity contribution in [3.63, 3.8) is 0 Å². The molecular weight excluding hydrogens is 509 g/mol. The number of benzene rings is 2. The molecule has 6 nitrogen and oxygen atoms in total. The fourth-order valence-corrected chi connectivity index (χ4v) is 5.35.